The van der Waals surface area contributed by atoms with Crippen LogP contribution in [0.15, 0.2) is 41.5 Å². The summed E-state index contributed by atoms with van der Waals surface area (Å²) in [6.07, 6.45) is 2.31. The van der Waals surface area contributed by atoms with Gasteiger partial charge in [-0.3, -0.25) is 9.98 Å². The van der Waals surface area contributed by atoms with Crippen LogP contribution in [0.2, 0.25) is 0 Å². The van der Waals surface area contributed by atoms with E-state index in [-0.39, 0.29) is 12.1 Å². The second-order valence-corrected chi connectivity index (χ2v) is 10.6. The highest BCUT2D eigenvalue weighted by molar-refractivity contribution is 7.88. The third-order valence-corrected chi connectivity index (χ3v) is 7.54. The third kappa shape index (κ3) is 5.01. The maximum absolute atomic E-state index is 14.7. The summed E-state index contributed by atoms with van der Waals surface area (Å²) in [5.74, 6) is -0.313. The van der Waals surface area contributed by atoms with Gasteiger partial charge >= 0.3 is 0 Å². The highest BCUT2D eigenvalue weighted by Gasteiger charge is 2.22. The second-order valence-electron chi connectivity index (χ2n) is 8.58. The van der Waals surface area contributed by atoms with Gasteiger partial charge in [0.2, 0.25) is 10.0 Å². The average molecular weight is 506 g/mol. The average Bonchev–Trinajstić information content (AvgIpc) is 2.81. The third-order valence-electron chi connectivity index (χ3n) is 6.27. The van der Waals surface area contributed by atoms with E-state index in [0.29, 0.717) is 35.4 Å². The van der Waals surface area contributed by atoms with Crippen molar-refractivity contribution >= 4 is 26.5 Å². The first kappa shape index (κ1) is 25.1. The molecule has 3 heterocycles. The van der Waals surface area contributed by atoms with Crippen molar-refractivity contribution in [1.29, 1.82) is 0 Å². The first-order chi connectivity index (χ1) is 16.5. The number of nitrogens with zero attached hydrogens (tertiary/aromatic N) is 5. The Morgan fingerprint density at radius 3 is 2.54 bits per heavy atom. The molecule has 11 heteroatoms. The van der Waals surface area contributed by atoms with Crippen LogP contribution in [0.4, 0.5) is 13.2 Å². The predicted octanol–water partition coefficient (Wildman–Crippen LogP) is 4.06. The lowest BCUT2D eigenvalue weighted by molar-refractivity contribution is 0.146. The summed E-state index contributed by atoms with van der Waals surface area (Å²) in [6, 6.07) is 4.98. The summed E-state index contributed by atoms with van der Waals surface area (Å²) in [5.41, 5.74) is 2.09. The summed E-state index contributed by atoms with van der Waals surface area (Å²) in [7, 11) is -1.43. The molecule has 0 fully saturated rings. The summed E-state index contributed by atoms with van der Waals surface area (Å²) in [5, 5.41) is 0.673. The molecule has 0 spiro atoms. The lowest BCUT2D eigenvalue weighted by Crippen LogP contribution is -2.33. The molecular formula is C24H26F3N5O2S. The normalized spacial score (nSPS) is 16.7. The lowest BCUT2D eigenvalue weighted by atomic mass is 10.0. The number of hydrogen-bond acceptors (Lipinski definition) is 5. The Kier molecular flexibility index (Phi) is 6.83. The molecule has 0 bridgehead atoms. The van der Waals surface area contributed by atoms with Crippen LogP contribution >= 0.6 is 0 Å². The molecule has 7 nitrogen and oxygen atoms in total. The molecule has 3 aromatic rings. The molecule has 4 rings (SSSR count). The van der Waals surface area contributed by atoms with E-state index in [1.807, 2.05) is 23.8 Å². The number of rotatable bonds is 5. The van der Waals surface area contributed by atoms with E-state index in [1.165, 1.54) is 22.7 Å². The van der Waals surface area contributed by atoms with Crippen molar-refractivity contribution in [3.8, 4) is 0 Å². The molecule has 1 aromatic carbocycles. The molecule has 1 atom stereocenters. The summed E-state index contributed by atoms with van der Waals surface area (Å²) < 4.78 is 68.0. The Balaban J connectivity index is 1.82. The number of aryl methyl sites for hydroxylation is 2. The summed E-state index contributed by atoms with van der Waals surface area (Å²) >= 11 is 0. The zero-order valence-corrected chi connectivity index (χ0v) is 20.7. The minimum Gasteiger partial charge on any atom is -0.331 e. The monoisotopic (exact) mass is 505 g/mol. The first-order valence-electron chi connectivity index (χ1n) is 11.1. The highest BCUT2D eigenvalue weighted by atomic mass is 32.2. The van der Waals surface area contributed by atoms with Gasteiger partial charge in [-0.15, -0.1) is 0 Å². The van der Waals surface area contributed by atoms with Gasteiger partial charge in [0.25, 0.3) is 6.43 Å². The Morgan fingerprint density at radius 2 is 1.91 bits per heavy atom. The molecule has 2 aromatic heterocycles. The number of alkyl halides is 2. The zero-order chi connectivity index (χ0) is 25.5. The quantitative estimate of drug-likeness (QED) is 0.524. The van der Waals surface area contributed by atoms with Gasteiger partial charge in [-0.1, -0.05) is 24.3 Å². The molecule has 1 unspecified atom stereocenters. The van der Waals surface area contributed by atoms with Gasteiger partial charge in [0.15, 0.2) is 5.49 Å². The molecule has 0 aliphatic carbocycles. The van der Waals surface area contributed by atoms with E-state index >= 15 is 0 Å². The summed E-state index contributed by atoms with van der Waals surface area (Å²) in [4.78, 5) is 13.8. The molecule has 0 saturated heterocycles. The van der Waals surface area contributed by atoms with E-state index in [2.05, 4.69) is 15.0 Å². The molecule has 0 N–H and O–H groups in total. The Morgan fingerprint density at radius 1 is 1.20 bits per heavy atom. The fourth-order valence-electron chi connectivity index (χ4n) is 4.13. The zero-order valence-electron chi connectivity index (χ0n) is 19.8. The molecule has 0 saturated carbocycles. The van der Waals surface area contributed by atoms with Crippen molar-refractivity contribution in [2.75, 3.05) is 19.3 Å². The molecule has 35 heavy (non-hydrogen) atoms. The second kappa shape index (κ2) is 9.54. The van der Waals surface area contributed by atoms with Crippen LogP contribution in [0.1, 0.15) is 48.5 Å². The molecular weight excluding hydrogens is 479 g/mol. The van der Waals surface area contributed by atoms with E-state index in [0.717, 1.165) is 17.2 Å². The molecule has 186 valence electrons. The van der Waals surface area contributed by atoms with Crippen LogP contribution in [-0.4, -0.2) is 46.6 Å². The van der Waals surface area contributed by atoms with Gasteiger partial charge in [-0.05, 0) is 31.9 Å². The molecule has 1 aliphatic rings. The van der Waals surface area contributed by atoms with Gasteiger partial charge in [-0.2, -0.15) is 4.31 Å². The van der Waals surface area contributed by atoms with Crippen molar-refractivity contribution in [2.45, 2.75) is 32.7 Å². The van der Waals surface area contributed by atoms with Gasteiger partial charge in [-0.25, -0.2) is 26.6 Å². The van der Waals surface area contributed by atoms with E-state index in [1.54, 1.807) is 20.0 Å². The first-order valence-corrected chi connectivity index (χ1v) is 12.9. The van der Waals surface area contributed by atoms with Crippen LogP contribution in [0.5, 0.6) is 0 Å². The van der Waals surface area contributed by atoms with Crippen molar-refractivity contribution in [3.63, 3.8) is 0 Å². The number of sulfonamides is 1. The van der Waals surface area contributed by atoms with Crippen LogP contribution < -0.4 is 5.49 Å². The SMILES string of the molecule is Cc1n/c(=N\C(C)c2cccc(C(F)F)c2F)c2cc(C3=CCN(S(C)(=O)=O)CC3)ncc2n1C. The summed E-state index contributed by atoms with van der Waals surface area (Å²) in [6.45, 7) is 4.06. The minimum absolute atomic E-state index is 0.0637. The van der Waals surface area contributed by atoms with Crippen LogP contribution in [-0.2, 0) is 17.1 Å². The number of fused-ring (bicyclic) bond motifs is 1. The van der Waals surface area contributed by atoms with E-state index < -0.39 is 33.9 Å². The Labute approximate surface area is 201 Å². The lowest BCUT2D eigenvalue weighted by Gasteiger charge is -2.24. The van der Waals surface area contributed by atoms with Crippen LogP contribution in [0.3, 0.4) is 0 Å². The van der Waals surface area contributed by atoms with Gasteiger partial charge in [0, 0.05) is 31.1 Å². The highest BCUT2D eigenvalue weighted by Crippen LogP contribution is 2.29. The largest absolute Gasteiger partial charge is 0.331 e. The smallest absolute Gasteiger partial charge is 0.266 e. The van der Waals surface area contributed by atoms with Crippen molar-refractivity contribution in [3.05, 3.63) is 70.5 Å². The van der Waals surface area contributed by atoms with E-state index in [4.69, 9.17) is 0 Å². The maximum Gasteiger partial charge on any atom is 0.266 e. The Hall–Kier alpha value is -3.05. The fourth-order valence-corrected chi connectivity index (χ4v) is 4.90. The number of benzene rings is 1. The van der Waals surface area contributed by atoms with Gasteiger partial charge in [0.05, 0.1) is 35.3 Å². The standard InChI is InChI=1S/C24H26F3N5O2S/c1-14(17-6-5-7-18(22(17)25)23(26)27)29-24-19-12-20(28-13-21(19)31(3)15(2)30-24)16-8-10-32(11-9-16)35(4,33)34/h5-8,12-14,23H,9-11H2,1-4H3/b29-24-. The molecule has 1 aliphatic heterocycles. The van der Waals surface area contributed by atoms with Gasteiger partial charge < -0.3 is 4.57 Å². The number of hydrogen-bond donors (Lipinski definition) is 0. The number of halogens is 3. The van der Waals surface area contributed by atoms with Crippen LogP contribution in [0, 0.1) is 12.7 Å². The number of pyridine rings is 1. The molecule has 0 amide bonds. The minimum atomic E-state index is -3.27. The topological polar surface area (TPSA) is 80.5 Å². The van der Waals surface area contributed by atoms with Crippen molar-refractivity contribution in [1.82, 2.24) is 18.8 Å². The fraction of sp³-hybridized carbons (Fsp3) is 0.375. The van der Waals surface area contributed by atoms with Crippen molar-refractivity contribution < 1.29 is 21.6 Å². The Bertz CT molecular complexity index is 1500. The maximum atomic E-state index is 14.7. The van der Waals surface area contributed by atoms with Crippen LogP contribution in [0.25, 0.3) is 16.5 Å². The predicted molar refractivity (Wildman–Crippen MR) is 128 cm³/mol. The number of aromatic nitrogens is 3. The van der Waals surface area contributed by atoms with Crippen molar-refractivity contribution in [2.24, 2.45) is 12.0 Å². The molecule has 0 radical (unpaired) electrons. The van der Waals surface area contributed by atoms with Gasteiger partial charge in [0.1, 0.15) is 11.6 Å². The van der Waals surface area contributed by atoms with E-state index in [9.17, 15) is 21.6 Å².